The summed E-state index contributed by atoms with van der Waals surface area (Å²) in [5.41, 5.74) is 8.40. The zero-order valence-corrected chi connectivity index (χ0v) is 21.3. The van der Waals surface area contributed by atoms with E-state index in [1.54, 1.807) is 0 Å². The van der Waals surface area contributed by atoms with Gasteiger partial charge in [-0.3, -0.25) is 0 Å². The number of carbonyl (C=O) groups excluding carboxylic acids is 1. The van der Waals surface area contributed by atoms with Crippen LogP contribution in [0.2, 0.25) is 0 Å². The molecule has 0 spiro atoms. The summed E-state index contributed by atoms with van der Waals surface area (Å²) < 4.78 is 31.0. The molecule has 1 aromatic heterocycles. The Labute approximate surface area is 218 Å². The number of fused-ring (bicyclic) bond motifs is 1. The molecule has 2 heterocycles. The van der Waals surface area contributed by atoms with Gasteiger partial charge in [0.05, 0.1) is 37.0 Å². The number of aromatic nitrogens is 1. The van der Waals surface area contributed by atoms with Gasteiger partial charge in [-0.25, -0.2) is 14.2 Å². The fourth-order valence-electron chi connectivity index (χ4n) is 4.56. The highest BCUT2D eigenvalue weighted by Gasteiger charge is 2.39. The van der Waals surface area contributed by atoms with E-state index in [0.717, 1.165) is 43.4 Å². The van der Waals surface area contributed by atoms with Crippen LogP contribution in [0.25, 0.3) is 0 Å². The third-order valence-electron chi connectivity index (χ3n) is 6.39. The number of hydrogen-bond acceptors (Lipinski definition) is 9. The summed E-state index contributed by atoms with van der Waals surface area (Å²) in [5, 5.41) is 20.1. The third kappa shape index (κ3) is 5.25. The maximum atomic E-state index is 15.0. The number of nitrogens with two attached hydrogens (primary N) is 1. The number of ether oxygens (including phenoxy) is 3. The third-order valence-corrected chi connectivity index (χ3v) is 7.38. The topological polar surface area (TPSA) is 131 Å². The number of nitriles is 2. The summed E-state index contributed by atoms with van der Waals surface area (Å²) in [6, 6.07) is 10.1. The normalized spacial score (nSPS) is 17.2. The molecule has 8 nitrogen and oxygen atoms in total. The van der Waals surface area contributed by atoms with E-state index in [9.17, 15) is 15.3 Å². The van der Waals surface area contributed by atoms with Crippen LogP contribution in [-0.2, 0) is 27.1 Å². The smallest absolute Gasteiger partial charge is 0.338 e. The second-order valence-electron chi connectivity index (χ2n) is 8.55. The van der Waals surface area contributed by atoms with Crippen LogP contribution >= 0.6 is 11.8 Å². The molecular formula is C27H25FN4O4S. The Kier molecular flexibility index (Phi) is 8.00. The summed E-state index contributed by atoms with van der Waals surface area (Å²) >= 11 is 1.21. The molecule has 4 rings (SSSR count). The van der Waals surface area contributed by atoms with Crippen molar-refractivity contribution in [2.75, 3.05) is 20.0 Å². The second-order valence-corrected chi connectivity index (χ2v) is 9.51. The van der Waals surface area contributed by atoms with Crippen molar-refractivity contribution >= 4 is 17.7 Å². The number of halogens is 1. The number of aryl methyl sites for hydroxylation is 2. The first kappa shape index (κ1) is 26.1. The van der Waals surface area contributed by atoms with Gasteiger partial charge < -0.3 is 19.9 Å². The lowest BCUT2D eigenvalue weighted by Crippen LogP contribution is -2.27. The number of benzene rings is 1. The Morgan fingerprint density at radius 1 is 1.22 bits per heavy atom. The van der Waals surface area contributed by atoms with Crippen LogP contribution in [0, 0.1) is 28.5 Å². The quantitative estimate of drug-likeness (QED) is 0.334. The summed E-state index contributed by atoms with van der Waals surface area (Å²) in [4.78, 5) is 17.8. The minimum Gasteiger partial charge on any atom is -0.497 e. The van der Waals surface area contributed by atoms with Crippen molar-refractivity contribution in [3.63, 3.8) is 0 Å². The summed E-state index contributed by atoms with van der Waals surface area (Å²) in [5.74, 6) is -2.38. The van der Waals surface area contributed by atoms with Crippen LogP contribution in [0.3, 0.4) is 0 Å². The van der Waals surface area contributed by atoms with Crippen molar-refractivity contribution in [2.24, 2.45) is 5.73 Å². The second kappa shape index (κ2) is 11.4. The molecule has 0 amide bonds. The standard InChI is InChI=1S/C27H25FN4O4S/c1-34-17-8-9-20(28)18(11-17)23-19(13-30)25(31)36-22(24(23)27(33)35-2)14-37-26-16(12-29)10-15-6-4-3-5-7-21(15)32-26/h8-11,23H,3-7,14,31H2,1-2H3/t23-/m0/s1. The Morgan fingerprint density at radius 2 is 2.00 bits per heavy atom. The number of allylic oxidation sites excluding steroid dienone is 1. The first-order valence-corrected chi connectivity index (χ1v) is 12.7. The first-order chi connectivity index (χ1) is 17.9. The van der Waals surface area contributed by atoms with Crippen LogP contribution in [0.15, 0.2) is 52.1 Å². The van der Waals surface area contributed by atoms with Gasteiger partial charge in [0.25, 0.3) is 0 Å². The highest BCUT2D eigenvalue weighted by atomic mass is 32.2. The summed E-state index contributed by atoms with van der Waals surface area (Å²) in [6.45, 7) is 0. The lowest BCUT2D eigenvalue weighted by molar-refractivity contribution is -0.136. The van der Waals surface area contributed by atoms with E-state index in [1.165, 1.54) is 44.2 Å². The molecule has 0 saturated heterocycles. The van der Waals surface area contributed by atoms with Crippen LogP contribution in [0.5, 0.6) is 5.75 Å². The Hall–Kier alpha value is -4.02. The van der Waals surface area contributed by atoms with Crippen molar-refractivity contribution in [1.29, 1.82) is 10.5 Å². The van der Waals surface area contributed by atoms with Gasteiger partial charge in [-0.2, -0.15) is 10.5 Å². The molecule has 37 heavy (non-hydrogen) atoms. The van der Waals surface area contributed by atoms with E-state index in [1.807, 2.05) is 12.1 Å². The number of carbonyl (C=O) groups is 1. The van der Waals surface area contributed by atoms with Crippen molar-refractivity contribution < 1.29 is 23.4 Å². The van der Waals surface area contributed by atoms with Crippen molar-refractivity contribution in [2.45, 2.75) is 43.0 Å². The van der Waals surface area contributed by atoms with E-state index in [-0.39, 0.29) is 34.1 Å². The van der Waals surface area contributed by atoms with E-state index in [0.29, 0.717) is 16.3 Å². The zero-order valence-electron chi connectivity index (χ0n) is 20.5. The number of hydrogen-bond donors (Lipinski definition) is 1. The number of thioether (sulfide) groups is 1. The monoisotopic (exact) mass is 520 g/mol. The molecule has 1 atom stereocenters. The Morgan fingerprint density at radius 3 is 2.70 bits per heavy atom. The van der Waals surface area contributed by atoms with Crippen LogP contribution in [0.1, 0.15) is 47.6 Å². The molecule has 2 aliphatic rings. The lowest BCUT2D eigenvalue weighted by atomic mass is 9.82. The number of methoxy groups -OCH3 is 2. The van der Waals surface area contributed by atoms with Crippen LogP contribution in [-0.4, -0.2) is 30.9 Å². The molecular weight excluding hydrogens is 495 g/mol. The van der Waals surface area contributed by atoms with E-state index >= 15 is 4.39 Å². The van der Waals surface area contributed by atoms with Crippen molar-refractivity contribution in [1.82, 2.24) is 4.98 Å². The van der Waals surface area contributed by atoms with Gasteiger partial charge in [0.1, 0.15) is 40.1 Å². The van der Waals surface area contributed by atoms with Gasteiger partial charge >= 0.3 is 5.97 Å². The maximum absolute atomic E-state index is 15.0. The molecule has 0 saturated carbocycles. The Bertz CT molecular complexity index is 1390. The fraction of sp³-hybridized carbons (Fsp3) is 0.333. The SMILES string of the molecule is COC(=O)C1=C(CSc2nc3c(cc2C#N)CCCCC3)OC(N)=C(C#N)[C@@H]1c1cc(OC)ccc1F. The molecule has 0 bridgehead atoms. The number of nitrogens with zero attached hydrogens (tertiary/aromatic N) is 3. The molecule has 10 heteroatoms. The van der Waals surface area contributed by atoms with Gasteiger partial charge in [0.2, 0.25) is 5.88 Å². The first-order valence-electron chi connectivity index (χ1n) is 11.7. The van der Waals surface area contributed by atoms with Crippen molar-refractivity contribution in [3.05, 3.63) is 75.3 Å². The number of esters is 1. The summed E-state index contributed by atoms with van der Waals surface area (Å²) in [7, 11) is 2.62. The molecule has 1 aliphatic heterocycles. The average Bonchev–Trinajstić information content (AvgIpc) is 3.15. The van der Waals surface area contributed by atoms with Gasteiger partial charge in [0.15, 0.2) is 0 Å². The van der Waals surface area contributed by atoms with E-state index in [2.05, 4.69) is 6.07 Å². The van der Waals surface area contributed by atoms with Crippen molar-refractivity contribution in [3.8, 4) is 17.9 Å². The molecule has 190 valence electrons. The molecule has 2 N–H and O–H groups in total. The zero-order chi connectivity index (χ0) is 26.5. The lowest BCUT2D eigenvalue weighted by Gasteiger charge is -2.28. The molecule has 0 radical (unpaired) electrons. The van der Waals surface area contributed by atoms with E-state index in [4.69, 9.17) is 24.9 Å². The molecule has 1 aromatic carbocycles. The van der Waals surface area contributed by atoms with Crippen LogP contribution in [0.4, 0.5) is 4.39 Å². The van der Waals surface area contributed by atoms with Gasteiger partial charge in [-0.05, 0) is 55.5 Å². The fourth-order valence-corrected chi connectivity index (χ4v) is 5.47. The predicted octanol–water partition coefficient (Wildman–Crippen LogP) is 4.40. The number of pyridine rings is 1. The minimum atomic E-state index is -1.17. The Balaban J connectivity index is 1.78. The highest BCUT2D eigenvalue weighted by molar-refractivity contribution is 7.99. The van der Waals surface area contributed by atoms with Gasteiger partial charge in [-0.15, -0.1) is 0 Å². The summed E-state index contributed by atoms with van der Waals surface area (Å²) in [6.07, 6.45) is 4.92. The molecule has 2 aromatic rings. The largest absolute Gasteiger partial charge is 0.497 e. The molecule has 1 aliphatic carbocycles. The molecule has 0 fully saturated rings. The highest BCUT2D eigenvalue weighted by Crippen LogP contribution is 2.43. The van der Waals surface area contributed by atoms with Gasteiger partial charge in [0, 0.05) is 11.3 Å². The molecule has 0 unspecified atom stereocenters. The average molecular weight is 521 g/mol. The number of rotatable bonds is 6. The van der Waals surface area contributed by atoms with Crippen LogP contribution < -0.4 is 10.5 Å². The maximum Gasteiger partial charge on any atom is 0.338 e. The van der Waals surface area contributed by atoms with E-state index < -0.39 is 17.7 Å². The predicted molar refractivity (Wildman–Crippen MR) is 134 cm³/mol. The van der Waals surface area contributed by atoms with Gasteiger partial charge in [-0.1, -0.05) is 18.2 Å². The minimum absolute atomic E-state index is 0.0194.